The van der Waals surface area contributed by atoms with Crippen molar-refractivity contribution < 1.29 is 4.92 Å². The van der Waals surface area contributed by atoms with E-state index in [-0.39, 0.29) is 5.69 Å². The molecular weight excluding hydrogens is 266 g/mol. The maximum Gasteiger partial charge on any atom is 0.269 e. The molecule has 2 rings (SSSR count). The number of rotatable bonds is 5. The van der Waals surface area contributed by atoms with Crippen LogP contribution in [0, 0.1) is 10.1 Å². The molecule has 0 atom stereocenters. The molecule has 0 fully saturated rings. The normalized spacial score (nSPS) is 11.2. The molecule has 2 aromatic carbocycles. The lowest BCUT2D eigenvalue weighted by Gasteiger charge is -2.04. The SMILES string of the molecule is CCc1ccc(C(C)=NNc2ccc([N+](=O)[O-])cc2)cc1. The van der Waals surface area contributed by atoms with E-state index in [4.69, 9.17) is 0 Å². The van der Waals surface area contributed by atoms with E-state index in [0.29, 0.717) is 5.69 Å². The van der Waals surface area contributed by atoms with Crippen LogP contribution in [0.2, 0.25) is 0 Å². The molecule has 0 saturated heterocycles. The Morgan fingerprint density at radius 1 is 1.14 bits per heavy atom. The molecule has 0 radical (unpaired) electrons. The third-order valence-electron chi connectivity index (χ3n) is 3.21. The average molecular weight is 283 g/mol. The lowest BCUT2D eigenvalue weighted by Crippen LogP contribution is -2.00. The summed E-state index contributed by atoms with van der Waals surface area (Å²) in [5, 5.41) is 14.9. The number of anilines is 1. The van der Waals surface area contributed by atoms with Crippen molar-refractivity contribution in [1.29, 1.82) is 0 Å². The number of non-ortho nitro benzene ring substituents is 1. The van der Waals surface area contributed by atoms with Gasteiger partial charge in [0.05, 0.1) is 16.3 Å². The van der Waals surface area contributed by atoms with E-state index in [2.05, 4.69) is 29.6 Å². The first-order valence-electron chi connectivity index (χ1n) is 6.74. The number of hydrazone groups is 1. The van der Waals surface area contributed by atoms with Crippen molar-refractivity contribution in [2.75, 3.05) is 5.43 Å². The third kappa shape index (κ3) is 3.89. The van der Waals surface area contributed by atoms with Crippen LogP contribution in [-0.4, -0.2) is 10.6 Å². The smallest absolute Gasteiger partial charge is 0.269 e. The molecule has 5 nitrogen and oxygen atoms in total. The first-order chi connectivity index (χ1) is 10.1. The lowest BCUT2D eigenvalue weighted by molar-refractivity contribution is -0.384. The van der Waals surface area contributed by atoms with Crippen LogP contribution in [-0.2, 0) is 6.42 Å². The Balaban J connectivity index is 2.06. The van der Waals surface area contributed by atoms with E-state index in [9.17, 15) is 10.1 Å². The fourth-order valence-electron chi connectivity index (χ4n) is 1.85. The van der Waals surface area contributed by atoms with Gasteiger partial charge in [0.25, 0.3) is 5.69 Å². The van der Waals surface area contributed by atoms with Gasteiger partial charge >= 0.3 is 0 Å². The van der Waals surface area contributed by atoms with E-state index in [1.165, 1.54) is 17.7 Å². The number of hydrogen-bond acceptors (Lipinski definition) is 4. The molecule has 0 amide bonds. The summed E-state index contributed by atoms with van der Waals surface area (Å²) in [4.78, 5) is 10.2. The summed E-state index contributed by atoms with van der Waals surface area (Å²) < 4.78 is 0. The highest BCUT2D eigenvalue weighted by Gasteiger charge is 2.03. The average Bonchev–Trinajstić information content (AvgIpc) is 2.53. The monoisotopic (exact) mass is 283 g/mol. The summed E-state index contributed by atoms with van der Waals surface area (Å²) in [6, 6.07) is 14.4. The predicted molar refractivity (Wildman–Crippen MR) is 84.8 cm³/mol. The Hall–Kier alpha value is -2.69. The molecule has 0 aromatic heterocycles. The summed E-state index contributed by atoms with van der Waals surface area (Å²) >= 11 is 0. The number of hydrogen-bond donors (Lipinski definition) is 1. The number of nitro groups is 1. The van der Waals surface area contributed by atoms with Gasteiger partial charge in [0.1, 0.15) is 0 Å². The fourth-order valence-corrected chi connectivity index (χ4v) is 1.85. The van der Waals surface area contributed by atoms with Gasteiger partial charge in [0.2, 0.25) is 0 Å². The molecule has 0 heterocycles. The summed E-state index contributed by atoms with van der Waals surface area (Å²) in [5.74, 6) is 0. The van der Waals surface area contributed by atoms with Crippen molar-refractivity contribution in [3.05, 3.63) is 69.8 Å². The maximum absolute atomic E-state index is 10.6. The molecule has 0 aliphatic rings. The number of nitrogens with zero attached hydrogens (tertiary/aromatic N) is 2. The van der Waals surface area contributed by atoms with Crippen molar-refractivity contribution >= 4 is 17.1 Å². The van der Waals surface area contributed by atoms with Crippen molar-refractivity contribution in [3.63, 3.8) is 0 Å². The topological polar surface area (TPSA) is 67.5 Å². The summed E-state index contributed by atoms with van der Waals surface area (Å²) in [6.45, 7) is 4.03. The van der Waals surface area contributed by atoms with Gasteiger partial charge in [-0.25, -0.2) is 0 Å². The molecule has 0 bridgehead atoms. The van der Waals surface area contributed by atoms with Gasteiger partial charge in [-0.1, -0.05) is 31.2 Å². The molecule has 21 heavy (non-hydrogen) atoms. The first kappa shape index (κ1) is 14.7. The van der Waals surface area contributed by atoms with Crippen LogP contribution in [0.5, 0.6) is 0 Å². The van der Waals surface area contributed by atoms with Gasteiger partial charge in [-0.05, 0) is 36.6 Å². The highest BCUT2D eigenvalue weighted by Crippen LogP contribution is 2.15. The fraction of sp³-hybridized carbons (Fsp3) is 0.188. The van der Waals surface area contributed by atoms with Gasteiger partial charge in [0, 0.05) is 12.1 Å². The van der Waals surface area contributed by atoms with E-state index < -0.39 is 4.92 Å². The van der Waals surface area contributed by atoms with E-state index in [1.54, 1.807) is 12.1 Å². The second-order valence-electron chi connectivity index (χ2n) is 4.66. The Bertz CT molecular complexity index is 646. The van der Waals surface area contributed by atoms with Gasteiger partial charge < -0.3 is 0 Å². The quantitative estimate of drug-likeness (QED) is 0.512. The van der Waals surface area contributed by atoms with Crippen molar-refractivity contribution in [2.45, 2.75) is 20.3 Å². The molecule has 5 heteroatoms. The number of nitrogens with one attached hydrogen (secondary N) is 1. The summed E-state index contributed by atoms with van der Waals surface area (Å²) in [5.41, 5.74) is 6.87. The summed E-state index contributed by atoms with van der Waals surface area (Å²) in [7, 11) is 0. The van der Waals surface area contributed by atoms with Crippen molar-refractivity contribution in [2.24, 2.45) is 5.10 Å². The summed E-state index contributed by atoms with van der Waals surface area (Å²) in [6.07, 6.45) is 1.01. The minimum Gasteiger partial charge on any atom is -0.278 e. The van der Waals surface area contributed by atoms with Gasteiger partial charge in [-0.3, -0.25) is 15.5 Å². The second-order valence-corrected chi connectivity index (χ2v) is 4.66. The Labute approximate surface area is 123 Å². The van der Waals surface area contributed by atoms with Crippen LogP contribution in [0.25, 0.3) is 0 Å². The molecule has 0 unspecified atom stereocenters. The Kier molecular flexibility index (Phi) is 4.66. The largest absolute Gasteiger partial charge is 0.278 e. The molecule has 0 spiro atoms. The highest BCUT2D eigenvalue weighted by atomic mass is 16.6. The zero-order chi connectivity index (χ0) is 15.2. The standard InChI is InChI=1S/C16H17N3O2/c1-3-13-4-6-14(7-5-13)12(2)17-18-15-8-10-16(11-9-15)19(20)21/h4-11,18H,3H2,1-2H3. The van der Waals surface area contributed by atoms with Crippen LogP contribution >= 0.6 is 0 Å². The Morgan fingerprint density at radius 3 is 2.29 bits per heavy atom. The van der Waals surface area contributed by atoms with Crippen molar-refractivity contribution in [3.8, 4) is 0 Å². The molecule has 0 aliphatic heterocycles. The lowest BCUT2D eigenvalue weighted by atomic mass is 10.1. The Morgan fingerprint density at radius 2 is 1.76 bits per heavy atom. The molecule has 1 N–H and O–H groups in total. The number of benzene rings is 2. The van der Waals surface area contributed by atoms with Crippen molar-refractivity contribution in [1.82, 2.24) is 0 Å². The van der Waals surface area contributed by atoms with Crippen LogP contribution in [0.15, 0.2) is 53.6 Å². The maximum atomic E-state index is 10.6. The first-order valence-corrected chi connectivity index (χ1v) is 6.74. The van der Waals surface area contributed by atoms with Gasteiger partial charge in [0.15, 0.2) is 0 Å². The molecule has 2 aromatic rings. The minimum atomic E-state index is -0.423. The molecule has 108 valence electrons. The van der Waals surface area contributed by atoms with Crippen LogP contribution in [0.3, 0.4) is 0 Å². The molecule has 0 aliphatic carbocycles. The zero-order valence-corrected chi connectivity index (χ0v) is 12.0. The van der Waals surface area contributed by atoms with Gasteiger partial charge in [-0.2, -0.15) is 5.10 Å². The predicted octanol–water partition coefficient (Wildman–Crippen LogP) is 3.99. The molecular formula is C16H17N3O2. The van der Waals surface area contributed by atoms with Crippen LogP contribution in [0.1, 0.15) is 25.0 Å². The number of nitro benzene ring substituents is 1. The van der Waals surface area contributed by atoms with Gasteiger partial charge in [-0.15, -0.1) is 0 Å². The van der Waals surface area contributed by atoms with E-state index in [0.717, 1.165) is 17.7 Å². The van der Waals surface area contributed by atoms with E-state index in [1.807, 2.05) is 19.1 Å². The minimum absolute atomic E-state index is 0.0661. The van der Waals surface area contributed by atoms with Crippen LogP contribution < -0.4 is 5.43 Å². The third-order valence-corrected chi connectivity index (χ3v) is 3.21. The second kappa shape index (κ2) is 6.65. The van der Waals surface area contributed by atoms with E-state index >= 15 is 0 Å². The zero-order valence-electron chi connectivity index (χ0n) is 12.0. The number of aryl methyl sites for hydroxylation is 1. The molecule has 0 saturated carbocycles. The highest BCUT2D eigenvalue weighted by molar-refractivity contribution is 5.99. The van der Waals surface area contributed by atoms with Crippen LogP contribution in [0.4, 0.5) is 11.4 Å².